The molecule has 1 rings (SSSR count). The topological polar surface area (TPSA) is 156 Å². The van der Waals surface area contributed by atoms with E-state index in [2.05, 4.69) is 10.4 Å². The van der Waals surface area contributed by atoms with Crippen LogP contribution in [0.4, 0.5) is 0 Å². The lowest BCUT2D eigenvalue weighted by atomic mass is 10.1. The van der Waals surface area contributed by atoms with Crippen molar-refractivity contribution in [1.82, 2.24) is 9.66 Å². The number of carboxylic acid groups (broad SMARTS) is 2. The molecule has 118 valence electrons. The highest BCUT2D eigenvalue weighted by molar-refractivity contribution is 5.75. The van der Waals surface area contributed by atoms with E-state index >= 15 is 0 Å². The van der Waals surface area contributed by atoms with Gasteiger partial charge in [0.25, 0.3) is 0 Å². The normalized spacial score (nSPS) is 13.6. The van der Waals surface area contributed by atoms with Gasteiger partial charge in [-0.1, -0.05) is 0 Å². The third-order valence-electron chi connectivity index (χ3n) is 2.93. The van der Waals surface area contributed by atoms with Crippen LogP contribution in [0.15, 0.2) is 12.5 Å². The second-order valence-electron chi connectivity index (χ2n) is 4.73. The Morgan fingerprint density at radius 3 is 2.62 bits per heavy atom. The number of nitrogens with zero attached hydrogens (tertiary/aromatic N) is 2. The molecule has 1 aromatic heterocycles. The maximum atomic E-state index is 11.1. The van der Waals surface area contributed by atoms with E-state index in [0.29, 0.717) is 25.1 Å². The minimum atomic E-state index is -1.11. The largest absolute Gasteiger partial charge is 0.480 e. The first-order chi connectivity index (χ1) is 9.93. The number of nitrogens with two attached hydrogens (primary N) is 2. The predicted molar refractivity (Wildman–Crippen MR) is 75.2 cm³/mol. The molecule has 2 atom stereocenters. The Labute approximate surface area is 121 Å². The highest BCUT2D eigenvalue weighted by Gasteiger charge is 2.18. The molecule has 9 nitrogen and oxygen atoms in total. The molecule has 9 heteroatoms. The fourth-order valence-electron chi connectivity index (χ4n) is 1.77. The van der Waals surface area contributed by atoms with Gasteiger partial charge in [0.05, 0.1) is 5.69 Å². The molecule has 0 saturated heterocycles. The molecule has 21 heavy (non-hydrogen) atoms. The van der Waals surface area contributed by atoms with Gasteiger partial charge in [-0.2, -0.15) is 0 Å². The van der Waals surface area contributed by atoms with E-state index in [-0.39, 0.29) is 6.42 Å². The van der Waals surface area contributed by atoms with E-state index < -0.39 is 24.0 Å². The Hall–Kier alpha value is -2.13. The second-order valence-corrected chi connectivity index (χ2v) is 4.73. The Kier molecular flexibility index (Phi) is 6.63. The van der Waals surface area contributed by atoms with E-state index in [4.69, 9.17) is 21.7 Å². The molecule has 0 aliphatic heterocycles. The lowest BCUT2D eigenvalue weighted by Crippen LogP contribution is -2.34. The number of carboxylic acids is 2. The molecule has 7 N–H and O–H groups in total. The average Bonchev–Trinajstić information content (AvgIpc) is 2.84. The van der Waals surface area contributed by atoms with E-state index in [9.17, 15) is 9.59 Å². The number of carbonyl (C=O) groups is 2. The van der Waals surface area contributed by atoms with Crippen molar-refractivity contribution < 1.29 is 19.8 Å². The summed E-state index contributed by atoms with van der Waals surface area (Å²) in [5, 5.41) is 17.9. The van der Waals surface area contributed by atoms with Gasteiger partial charge in [0.2, 0.25) is 0 Å². The van der Waals surface area contributed by atoms with Crippen molar-refractivity contribution in [1.29, 1.82) is 0 Å². The molecule has 0 amide bonds. The summed E-state index contributed by atoms with van der Waals surface area (Å²) in [6.07, 6.45) is 4.90. The Bertz CT molecular complexity index is 476. The van der Waals surface area contributed by atoms with Crippen molar-refractivity contribution in [2.24, 2.45) is 11.5 Å². The molecule has 1 heterocycles. The van der Waals surface area contributed by atoms with Gasteiger partial charge >= 0.3 is 11.9 Å². The van der Waals surface area contributed by atoms with Gasteiger partial charge in [-0.15, -0.1) is 0 Å². The lowest BCUT2D eigenvalue weighted by molar-refractivity contribution is -0.139. The Morgan fingerprint density at radius 1 is 1.33 bits per heavy atom. The number of unbranched alkanes of at least 4 members (excludes halogenated alkanes) is 1. The van der Waals surface area contributed by atoms with Gasteiger partial charge < -0.3 is 27.1 Å². The van der Waals surface area contributed by atoms with Gasteiger partial charge in [0.1, 0.15) is 18.4 Å². The Balaban J connectivity index is 2.58. The van der Waals surface area contributed by atoms with Crippen molar-refractivity contribution >= 4 is 11.9 Å². The van der Waals surface area contributed by atoms with Gasteiger partial charge in [-0.05, 0) is 25.8 Å². The maximum Gasteiger partial charge on any atom is 0.327 e. The van der Waals surface area contributed by atoms with Crippen molar-refractivity contribution in [2.45, 2.75) is 37.8 Å². The van der Waals surface area contributed by atoms with Crippen molar-refractivity contribution in [3.05, 3.63) is 18.2 Å². The van der Waals surface area contributed by atoms with Crippen LogP contribution in [-0.4, -0.2) is 50.4 Å². The molecule has 0 unspecified atom stereocenters. The minimum Gasteiger partial charge on any atom is -0.480 e. The summed E-state index contributed by atoms with van der Waals surface area (Å²) in [5.74, 6) is -2.08. The number of rotatable bonds is 10. The molecule has 0 aliphatic rings. The van der Waals surface area contributed by atoms with Crippen LogP contribution in [0.1, 0.15) is 25.0 Å². The van der Waals surface area contributed by atoms with Crippen LogP contribution in [0, 0.1) is 0 Å². The van der Waals surface area contributed by atoms with Crippen molar-refractivity contribution in [3.63, 3.8) is 0 Å². The monoisotopic (exact) mass is 299 g/mol. The molecule has 0 saturated carbocycles. The first kappa shape index (κ1) is 16.9. The van der Waals surface area contributed by atoms with Gasteiger partial charge in [-0.25, -0.2) is 9.78 Å². The number of aliphatic carboxylic acids is 2. The SMILES string of the molecule is NCCCC[C@H](Nn1cnc(C[C@H](N)C(=O)O)c1)C(=O)O. The van der Waals surface area contributed by atoms with Gasteiger partial charge in [0, 0.05) is 12.6 Å². The van der Waals surface area contributed by atoms with Crippen LogP contribution in [0.3, 0.4) is 0 Å². The summed E-state index contributed by atoms with van der Waals surface area (Å²) in [5.41, 5.74) is 14.0. The zero-order valence-corrected chi connectivity index (χ0v) is 11.6. The number of aromatic nitrogens is 2. The van der Waals surface area contributed by atoms with Crippen LogP contribution >= 0.6 is 0 Å². The molecular weight excluding hydrogens is 278 g/mol. The number of hydrogen-bond acceptors (Lipinski definition) is 6. The summed E-state index contributed by atoms with van der Waals surface area (Å²) < 4.78 is 1.41. The molecule has 0 bridgehead atoms. The highest BCUT2D eigenvalue weighted by atomic mass is 16.4. The van der Waals surface area contributed by atoms with E-state index in [0.717, 1.165) is 6.42 Å². The summed E-state index contributed by atoms with van der Waals surface area (Å²) in [6.45, 7) is 0.522. The summed E-state index contributed by atoms with van der Waals surface area (Å²) in [6, 6.07) is -1.79. The van der Waals surface area contributed by atoms with Crippen LogP contribution in [0.25, 0.3) is 0 Å². The fourth-order valence-corrected chi connectivity index (χ4v) is 1.77. The summed E-state index contributed by atoms with van der Waals surface area (Å²) in [7, 11) is 0. The molecule has 1 aromatic rings. The molecular formula is C12H21N5O4. The molecule has 0 aliphatic carbocycles. The predicted octanol–water partition coefficient (Wildman–Crippen LogP) is -1.04. The van der Waals surface area contributed by atoms with E-state index in [1.807, 2.05) is 0 Å². The average molecular weight is 299 g/mol. The van der Waals surface area contributed by atoms with Crippen LogP contribution in [0.5, 0.6) is 0 Å². The summed E-state index contributed by atoms with van der Waals surface area (Å²) in [4.78, 5) is 25.8. The smallest absolute Gasteiger partial charge is 0.327 e. The zero-order chi connectivity index (χ0) is 15.8. The quantitative estimate of drug-likeness (QED) is 0.343. The number of nitrogens with one attached hydrogen (secondary N) is 1. The summed E-state index contributed by atoms with van der Waals surface area (Å²) >= 11 is 0. The van der Waals surface area contributed by atoms with Crippen LogP contribution in [0.2, 0.25) is 0 Å². The molecule has 0 radical (unpaired) electrons. The molecule has 0 fully saturated rings. The third kappa shape index (κ3) is 5.79. The number of imidazole rings is 1. The fraction of sp³-hybridized carbons (Fsp3) is 0.583. The van der Waals surface area contributed by atoms with Crippen LogP contribution in [-0.2, 0) is 16.0 Å². The zero-order valence-electron chi connectivity index (χ0n) is 11.6. The third-order valence-corrected chi connectivity index (χ3v) is 2.93. The first-order valence-corrected chi connectivity index (χ1v) is 6.64. The standard InChI is InChI=1S/C12H21N5O4/c13-4-2-1-3-10(12(20)21)16-17-6-8(15-7-17)5-9(14)11(18)19/h6-7,9-10,16H,1-5,13-14H2,(H,18,19)(H,20,21)/t9-,10-/m0/s1. The first-order valence-electron chi connectivity index (χ1n) is 6.64. The molecule has 0 spiro atoms. The second kappa shape index (κ2) is 8.22. The molecule has 0 aromatic carbocycles. The van der Waals surface area contributed by atoms with Gasteiger partial charge in [-0.3, -0.25) is 9.47 Å². The highest BCUT2D eigenvalue weighted by Crippen LogP contribution is 2.04. The Morgan fingerprint density at radius 2 is 2.05 bits per heavy atom. The van der Waals surface area contributed by atoms with E-state index in [1.165, 1.54) is 17.2 Å². The van der Waals surface area contributed by atoms with Crippen LogP contribution < -0.4 is 16.9 Å². The van der Waals surface area contributed by atoms with E-state index in [1.54, 1.807) is 0 Å². The van der Waals surface area contributed by atoms with Gasteiger partial charge in [0.15, 0.2) is 0 Å². The number of hydrogen-bond donors (Lipinski definition) is 5. The van der Waals surface area contributed by atoms with Crippen molar-refractivity contribution in [2.75, 3.05) is 12.0 Å². The lowest BCUT2D eigenvalue weighted by Gasteiger charge is -2.15. The van der Waals surface area contributed by atoms with Crippen molar-refractivity contribution in [3.8, 4) is 0 Å². The maximum absolute atomic E-state index is 11.1. The minimum absolute atomic E-state index is 0.0783.